The molecule has 0 aliphatic heterocycles. The molecule has 20 heavy (non-hydrogen) atoms. The van der Waals surface area contributed by atoms with E-state index in [1.807, 2.05) is 6.92 Å². The molecule has 1 atom stereocenters. The average molecular weight is 347 g/mol. The highest BCUT2D eigenvalue weighted by Crippen LogP contribution is 2.16. The van der Waals surface area contributed by atoms with Crippen molar-refractivity contribution in [2.75, 3.05) is 13.2 Å². The second-order valence-corrected chi connectivity index (χ2v) is 5.57. The summed E-state index contributed by atoms with van der Waals surface area (Å²) in [6.45, 7) is 2.35. The van der Waals surface area contributed by atoms with Crippen LogP contribution in [0.15, 0.2) is 22.7 Å². The first-order chi connectivity index (χ1) is 9.52. The first kappa shape index (κ1) is 16.9. The fourth-order valence-electron chi connectivity index (χ4n) is 1.75. The number of rotatable bonds is 7. The summed E-state index contributed by atoms with van der Waals surface area (Å²) in [6, 6.07) is 4.65. The molecule has 3 N–H and O–H groups in total. The summed E-state index contributed by atoms with van der Waals surface area (Å²) in [6.07, 6.45) is 1.77. The molecule has 0 aromatic heterocycles. The van der Waals surface area contributed by atoms with Gasteiger partial charge in [-0.1, -0.05) is 22.0 Å². The molecule has 0 radical (unpaired) electrons. The van der Waals surface area contributed by atoms with Crippen molar-refractivity contribution in [2.24, 2.45) is 0 Å². The van der Waals surface area contributed by atoms with E-state index in [0.717, 1.165) is 0 Å². The van der Waals surface area contributed by atoms with Gasteiger partial charge in [-0.3, -0.25) is 0 Å². The number of urea groups is 1. The van der Waals surface area contributed by atoms with Gasteiger partial charge >= 0.3 is 6.03 Å². The van der Waals surface area contributed by atoms with E-state index in [1.54, 1.807) is 12.1 Å². The number of aliphatic hydroxyl groups excluding tert-OH is 1. The standard InChI is InChI=1S/C14H20BrFN2O2/c1-10(6-8-19)18-14(20)17-7-2-3-11-4-5-12(15)9-13(11)16/h4-5,9-10,19H,2-3,6-8H2,1H3,(H2,17,18,20)/t10-/m1/s1. The van der Waals surface area contributed by atoms with E-state index in [1.165, 1.54) is 6.07 Å². The van der Waals surface area contributed by atoms with Gasteiger partial charge in [0.1, 0.15) is 5.82 Å². The zero-order chi connectivity index (χ0) is 15.0. The summed E-state index contributed by atoms with van der Waals surface area (Å²) in [5, 5.41) is 14.1. The predicted octanol–water partition coefficient (Wildman–Crippen LogP) is 2.59. The van der Waals surface area contributed by atoms with E-state index in [-0.39, 0.29) is 24.5 Å². The summed E-state index contributed by atoms with van der Waals surface area (Å²) in [5.74, 6) is -0.236. The molecule has 0 unspecified atom stereocenters. The lowest BCUT2D eigenvalue weighted by atomic mass is 10.1. The summed E-state index contributed by atoms with van der Waals surface area (Å²) in [5.41, 5.74) is 0.643. The van der Waals surface area contributed by atoms with E-state index in [9.17, 15) is 9.18 Å². The molecule has 0 aliphatic rings. The van der Waals surface area contributed by atoms with Crippen molar-refractivity contribution < 1.29 is 14.3 Å². The molecule has 1 aromatic carbocycles. The fraction of sp³-hybridized carbons (Fsp3) is 0.500. The number of hydrogen-bond acceptors (Lipinski definition) is 2. The molecule has 2 amide bonds. The van der Waals surface area contributed by atoms with Crippen molar-refractivity contribution in [3.8, 4) is 0 Å². The predicted molar refractivity (Wildman–Crippen MR) is 80.1 cm³/mol. The lowest BCUT2D eigenvalue weighted by Gasteiger charge is -2.13. The molecule has 1 rings (SSSR count). The van der Waals surface area contributed by atoms with Gasteiger partial charge in [0.05, 0.1) is 0 Å². The van der Waals surface area contributed by atoms with Crippen molar-refractivity contribution >= 4 is 22.0 Å². The summed E-state index contributed by atoms with van der Waals surface area (Å²) in [4.78, 5) is 11.5. The first-order valence-electron chi connectivity index (χ1n) is 6.62. The zero-order valence-corrected chi connectivity index (χ0v) is 13.0. The molecule has 112 valence electrons. The van der Waals surface area contributed by atoms with Gasteiger partial charge in [-0.25, -0.2) is 9.18 Å². The Labute approximate surface area is 126 Å². The van der Waals surface area contributed by atoms with Crippen molar-refractivity contribution in [3.63, 3.8) is 0 Å². The van der Waals surface area contributed by atoms with Crippen LogP contribution >= 0.6 is 15.9 Å². The van der Waals surface area contributed by atoms with Gasteiger partial charge in [-0.05, 0) is 43.9 Å². The van der Waals surface area contributed by atoms with Gasteiger partial charge in [0.25, 0.3) is 0 Å². The number of benzene rings is 1. The SMILES string of the molecule is C[C@H](CCO)NC(=O)NCCCc1ccc(Br)cc1F. The molecule has 0 saturated heterocycles. The van der Waals surface area contributed by atoms with E-state index < -0.39 is 0 Å². The van der Waals surface area contributed by atoms with Gasteiger partial charge in [-0.2, -0.15) is 0 Å². The Bertz CT molecular complexity index is 443. The molecule has 0 bridgehead atoms. The quantitative estimate of drug-likeness (QED) is 0.664. The molecular weight excluding hydrogens is 327 g/mol. The third-order valence-corrected chi connectivity index (χ3v) is 3.36. The summed E-state index contributed by atoms with van der Waals surface area (Å²) < 4.78 is 14.3. The van der Waals surface area contributed by atoms with Crippen LogP contribution in [0, 0.1) is 5.82 Å². The Balaban J connectivity index is 2.23. The molecule has 6 heteroatoms. The third-order valence-electron chi connectivity index (χ3n) is 2.86. The van der Waals surface area contributed by atoms with Crippen molar-refractivity contribution in [1.29, 1.82) is 0 Å². The van der Waals surface area contributed by atoms with Crippen LogP contribution in [-0.4, -0.2) is 30.3 Å². The normalized spacial score (nSPS) is 12.0. The highest BCUT2D eigenvalue weighted by molar-refractivity contribution is 9.10. The Morgan fingerprint density at radius 3 is 2.90 bits per heavy atom. The van der Waals surface area contributed by atoms with Gasteiger partial charge in [-0.15, -0.1) is 0 Å². The minimum Gasteiger partial charge on any atom is -0.396 e. The maximum absolute atomic E-state index is 13.5. The van der Waals surface area contributed by atoms with E-state index in [4.69, 9.17) is 5.11 Å². The fourth-order valence-corrected chi connectivity index (χ4v) is 2.08. The van der Waals surface area contributed by atoms with Gasteiger partial charge < -0.3 is 15.7 Å². The largest absolute Gasteiger partial charge is 0.396 e. The number of halogens is 2. The van der Waals surface area contributed by atoms with Gasteiger partial charge in [0.2, 0.25) is 0 Å². The Hall–Kier alpha value is -1.14. The molecule has 1 aromatic rings. The van der Waals surface area contributed by atoms with Gasteiger partial charge in [0.15, 0.2) is 0 Å². The number of carbonyl (C=O) groups excluding carboxylic acids is 1. The Morgan fingerprint density at radius 2 is 2.25 bits per heavy atom. The Morgan fingerprint density at radius 1 is 1.50 bits per heavy atom. The van der Waals surface area contributed by atoms with Crippen molar-refractivity contribution in [2.45, 2.75) is 32.2 Å². The highest BCUT2D eigenvalue weighted by atomic mass is 79.9. The smallest absolute Gasteiger partial charge is 0.314 e. The highest BCUT2D eigenvalue weighted by Gasteiger charge is 2.06. The molecule has 4 nitrogen and oxygen atoms in total. The summed E-state index contributed by atoms with van der Waals surface area (Å²) >= 11 is 3.21. The lowest BCUT2D eigenvalue weighted by Crippen LogP contribution is -2.41. The number of nitrogens with one attached hydrogen (secondary N) is 2. The van der Waals surface area contributed by atoms with Crippen molar-refractivity contribution in [3.05, 3.63) is 34.1 Å². The van der Waals surface area contributed by atoms with E-state index >= 15 is 0 Å². The minimum atomic E-state index is -0.262. The third kappa shape index (κ3) is 6.34. The van der Waals surface area contributed by atoms with Crippen LogP contribution < -0.4 is 10.6 Å². The van der Waals surface area contributed by atoms with Crippen LogP contribution in [0.3, 0.4) is 0 Å². The average Bonchev–Trinajstić information content (AvgIpc) is 2.36. The van der Waals surface area contributed by atoms with Crippen LogP contribution in [-0.2, 0) is 6.42 Å². The van der Waals surface area contributed by atoms with E-state index in [2.05, 4.69) is 26.6 Å². The molecule has 0 heterocycles. The maximum atomic E-state index is 13.5. The van der Waals surface area contributed by atoms with E-state index in [0.29, 0.717) is 35.8 Å². The maximum Gasteiger partial charge on any atom is 0.314 e. The van der Waals surface area contributed by atoms with Crippen LogP contribution in [0.25, 0.3) is 0 Å². The monoisotopic (exact) mass is 346 g/mol. The number of aliphatic hydroxyl groups is 1. The van der Waals surface area contributed by atoms with Crippen LogP contribution in [0.1, 0.15) is 25.3 Å². The van der Waals surface area contributed by atoms with Crippen LogP contribution in [0.5, 0.6) is 0 Å². The molecule has 0 fully saturated rings. The first-order valence-corrected chi connectivity index (χ1v) is 7.41. The lowest BCUT2D eigenvalue weighted by molar-refractivity contribution is 0.231. The minimum absolute atomic E-state index is 0.0459. The molecule has 0 aliphatic carbocycles. The summed E-state index contributed by atoms with van der Waals surface area (Å²) in [7, 11) is 0. The number of amides is 2. The molecular formula is C14H20BrFN2O2. The molecule has 0 spiro atoms. The second-order valence-electron chi connectivity index (χ2n) is 4.65. The Kier molecular flexibility index (Phi) is 7.54. The van der Waals surface area contributed by atoms with Crippen molar-refractivity contribution in [1.82, 2.24) is 10.6 Å². The number of aryl methyl sites for hydroxylation is 1. The number of carbonyl (C=O) groups is 1. The van der Waals surface area contributed by atoms with Crippen LogP contribution in [0.2, 0.25) is 0 Å². The molecule has 0 saturated carbocycles. The second kappa shape index (κ2) is 8.92. The van der Waals surface area contributed by atoms with Crippen LogP contribution in [0.4, 0.5) is 9.18 Å². The number of hydrogen-bond donors (Lipinski definition) is 3. The topological polar surface area (TPSA) is 61.4 Å². The zero-order valence-electron chi connectivity index (χ0n) is 11.5. The van der Waals surface area contributed by atoms with Gasteiger partial charge in [0, 0.05) is 23.7 Å².